The Morgan fingerprint density at radius 3 is 2.94 bits per heavy atom. The van der Waals surface area contributed by atoms with Gasteiger partial charge in [0.25, 0.3) is 11.5 Å². The molecule has 0 bridgehead atoms. The first-order valence-corrected chi connectivity index (χ1v) is 9.69. The fourth-order valence-electron chi connectivity index (χ4n) is 2.94. The van der Waals surface area contributed by atoms with Crippen molar-refractivity contribution in [3.63, 3.8) is 0 Å². The van der Waals surface area contributed by atoms with Gasteiger partial charge in [0.05, 0.1) is 12.2 Å². The molecule has 1 fully saturated rings. The summed E-state index contributed by atoms with van der Waals surface area (Å²) in [6, 6.07) is 3.19. The number of hydrogen-bond acceptors (Lipinski definition) is 9. The molecule has 0 atom stereocenters. The van der Waals surface area contributed by atoms with E-state index in [-0.39, 0.29) is 35.2 Å². The number of nitrogens with zero attached hydrogens (tertiary/aromatic N) is 6. The number of amides is 1. The number of hydrogen-bond donors (Lipinski definition) is 4. The lowest BCUT2D eigenvalue weighted by molar-refractivity contribution is 0.0957. The van der Waals surface area contributed by atoms with Crippen LogP contribution in [0.3, 0.4) is 0 Å². The molecule has 5 rings (SSSR count). The highest BCUT2D eigenvalue weighted by Crippen LogP contribution is 2.22. The van der Waals surface area contributed by atoms with Gasteiger partial charge in [0.1, 0.15) is 17.1 Å². The van der Waals surface area contributed by atoms with Crippen molar-refractivity contribution in [1.29, 1.82) is 0 Å². The highest BCUT2D eigenvalue weighted by atomic mass is 16.5. The van der Waals surface area contributed by atoms with Crippen molar-refractivity contribution in [2.45, 2.75) is 18.9 Å². The van der Waals surface area contributed by atoms with Gasteiger partial charge < -0.3 is 20.1 Å². The van der Waals surface area contributed by atoms with Crippen LogP contribution in [-0.2, 0) is 0 Å². The molecule has 162 valence electrons. The molecule has 32 heavy (non-hydrogen) atoms. The van der Waals surface area contributed by atoms with E-state index in [1.165, 1.54) is 36.1 Å². The van der Waals surface area contributed by atoms with Gasteiger partial charge in [-0.3, -0.25) is 14.8 Å². The van der Waals surface area contributed by atoms with E-state index in [0.717, 1.165) is 12.8 Å². The molecule has 0 saturated heterocycles. The average molecular weight is 435 g/mol. The molecule has 1 amide bonds. The molecule has 0 aliphatic heterocycles. The van der Waals surface area contributed by atoms with Crippen molar-refractivity contribution in [2.24, 2.45) is 4.99 Å². The molecule has 13 heteroatoms. The highest BCUT2D eigenvalue weighted by molar-refractivity contribution is 5.92. The number of carbonyl (C=O) groups is 1. The zero-order valence-corrected chi connectivity index (χ0v) is 16.7. The van der Waals surface area contributed by atoms with Gasteiger partial charge >= 0.3 is 11.7 Å². The van der Waals surface area contributed by atoms with E-state index in [0.29, 0.717) is 22.2 Å². The third-order valence-electron chi connectivity index (χ3n) is 4.64. The molecule has 4 N–H and O–H groups in total. The molecule has 1 saturated carbocycles. The number of aromatic hydroxyl groups is 1. The van der Waals surface area contributed by atoms with Crippen LogP contribution in [0.25, 0.3) is 11.7 Å². The summed E-state index contributed by atoms with van der Waals surface area (Å²) in [5.41, 5.74) is 0.476. The first-order valence-electron chi connectivity index (χ1n) is 9.69. The van der Waals surface area contributed by atoms with Gasteiger partial charge in [-0.15, -0.1) is 0 Å². The lowest BCUT2D eigenvalue weighted by atomic mass is 10.3. The molecule has 1 aliphatic rings. The third kappa shape index (κ3) is 3.78. The molecule has 1 aliphatic carbocycles. The summed E-state index contributed by atoms with van der Waals surface area (Å²) >= 11 is 0. The normalized spacial score (nSPS) is 14.8. The van der Waals surface area contributed by atoms with E-state index < -0.39 is 5.69 Å². The Bertz CT molecular complexity index is 1510. The molecule has 0 unspecified atom stereocenters. The van der Waals surface area contributed by atoms with E-state index in [2.05, 4.69) is 40.3 Å². The minimum absolute atomic E-state index is 0.00658. The highest BCUT2D eigenvalue weighted by Gasteiger charge is 2.21. The van der Waals surface area contributed by atoms with Crippen LogP contribution in [0.4, 0.5) is 0 Å². The van der Waals surface area contributed by atoms with Crippen LogP contribution in [0, 0.1) is 0 Å². The Hall–Kier alpha value is -4.55. The molecular formula is C19H17N9O4. The number of aromatic amines is 2. The van der Waals surface area contributed by atoms with Crippen LogP contribution in [-0.4, -0.2) is 58.6 Å². The maximum absolute atomic E-state index is 11.8. The number of pyridine rings is 1. The van der Waals surface area contributed by atoms with Crippen LogP contribution in [0.2, 0.25) is 0 Å². The Morgan fingerprint density at radius 1 is 1.38 bits per heavy atom. The van der Waals surface area contributed by atoms with Gasteiger partial charge in [-0.1, -0.05) is 0 Å². The smallest absolute Gasteiger partial charge is 0.327 e. The van der Waals surface area contributed by atoms with Crippen molar-refractivity contribution in [3.05, 3.63) is 57.2 Å². The van der Waals surface area contributed by atoms with Crippen LogP contribution >= 0.6 is 0 Å². The van der Waals surface area contributed by atoms with Gasteiger partial charge in [-0.05, 0) is 25.0 Å². The van der Waals surface area contributed by atoms with E-state index in [1.807, 2.05) is 0 Å². The van der Waals surface area contributed by atoms with E-state index >= 15 is 0 Å². The fourth-order valence-corrected chi connectivity index (χ4v) is 2.94. The lowest BCUT2D eigenvalue weighted by Crippen LogP contribution is -2.23. The molecule has 4 heterocycles. The minimum atomic E-state index is -0.544. The monoisotopic (exact) mass is 435 g/mol. The molecule has 0 radical (unpaired) electrons. The zero-order chi connectivity index (χ0) is 22.2. The molecule has 4 aromatic rings. The molecular weight excluding hydrogens is 418 g/mol. The number of nitrogens with one attached hydrogen (secondary N) is 3. The molecule has 13 nitrogen and oxygen atoms in total. The number of ether oxygens (including phenoxy) is 1. The Kier molecular flexibility index (Phi) is 4.62. The van der Waals surface area contributed by atoms with Crippen LogP contribution < -0.4 is 26.6 Å². The number of imidazole rings is 1. The maximum atomic E-state index is 11.8. The van der Waals surface area contributed by atoms with Crippen LogP contribution in [0.15, 0.2) is 34.3 Å². The van der Waals surface area contributed by atoms with Crippen LogP contribution in [0.5, 0.6) is 17.6 Å². The van der Waals surface area contributed by atoms with Gasteiger partial charge in [0, 0.05) is 24.5 Å². The maximum Gasteiger partial charge on any atom is 0.327 e. The predicted molar refractivity (Wildman–Crippen MR) is 109 cm³/mol. The fraction of sp³-hybridized carbons (Fsp3) is 0.211. The largest absolute Gasteiger partial charge is 0.493 e. The summed E-state index contributed by atoms with van der Waals surface area (Å²) in [7, 11) is 1.51. The first kappa shape index (κ1) is 19.4. The van der Waals surface area contributed by atoms with Crippen molar-refractivity contribution in [2.75, 3.05) is 7.05 Å². The SMILES string of the molecule is CNC(=O)c1cc(Oc2nc(=NC3CC3)n3ncc(=Cc4[nH]c(=O)[nH]c4O)c3n2)ccn1. The summed E-state index contributed by atoms with van der Waals surface area (Å²) in [6.07, 6.45) is 6.39. The number of H-pyrrole nitrogens is 2. The zero-order valence-electron chi connectivity index (χ0n) is 16.7. The van der Waals surface area contributed by atoms with Crippen molar-refractivity contribution < 1.29 is 14.6 Å². The van der Waals surface area contributed by atoms with E-state index in [4.69, 9.17) is 4.74 Å². The minimum Gasteiger partial charge on any atom is -0.493 e. The van der Waals surface area contributed by atoms with E-state index in [9.17, 15) is 14.7 Å². The summed E-state index contributed by atoms with van der Waals surface area (Å²) in [4.78, 5) is 45.4. The number of aromatic nitrogens is 7. The summed E-state index contributed by atoms with van der Waals surface area (Å²) < 4.78 is 7.26. The Balaban J connectivity index is 1.63. The van der Waals surface area contributed by atoms with E-state index in [1.54, 1.807) is 6.07 Å². The van der Waals surface area contributed by atoms with Crippen molar-refractivity contribution >= 4 is 17.6 Å². The van der Waals surface area contributed by atoms with Gasteiger partial charge in [-0.25, -0.2) is 9.79 Å². The summed E-state index contributed by atoms with van der Waals surface area (Å²) in [5, 5.41) is 17.2. The van der Waals surface area contributed by atoms with Crippen molar-refractivity contribution in [3.8, 4) is 17.6 Å². The Morgan fingerprint density at radius 2 is 2.22 bits per heavy atom. The number of fused-ring (bicyclic) bond motifs is 1. The first-order chi connectivity index (χ1) is 15.5. The van der Waals surface area contributed by atoms with Gasteiger partial charge in [-0.2, -0.15) is 19.6 Å². The number of rotatable bonds is 5. The molecule has 0 spiro atoms. The lowest BCUT2D eigenvalue weighted by Gasteiger charge is -2.05. The molecule has 0 aromatic carbocycles. The second-order valence-electron chi connectivity index (χ2n) is 7.05. The second kappa shape index (κ2) is 7.61. The average Bonchev–Trinajstić information content (AvgIpc) is 3.42. The van der Waals surface area contributed by atoms with Gasteiger partial charge in [0.2, 0.25) is 5.88 Å². The topological polar surface area (TPSA) is 176 Å². The second-order valence-corrected chi connectivity index (χ2v) is 7.05. The predicted octanol–water partition coefficient (Wildman–Crippen LogP) is -0.996. The van der Waals surface area contributed by atoms with Crippen LogP contribution in [0.1, 0.15) is 29.0 Å². The summed E-state index contributed by atoms with van der Waals surface area (Å²) in [5.74, 6) is -0.344. The third-order valence-corrected chi connectivity index (χ3v) is 4.64. The quantitative estimate of drug-likeness (QED) is 0.309. The number of carbonyl (C=O) groups excluding carboxylic acids is 1. The van der Waals surface area contributed by atoms with Gasteiger partial charge in [0.15, 0.2) is 5.65 Å². The van der Waals surface area contributed by atoms with Crippen molar-refractivity contribution in [1.82, 2.24) is 39.9 Å². The Labute approximate surface area is 178 Å². The summed E-state index contributed by atoms with van der Waals surface area (Å²) in [6.45, 7) is 0. The standard InChI is InChI=1S/C19H17N9O4/c1-20-15(29)12-7-11(4-5-21-12)32-19-25-14-9(6-13-16(30)26-18(31)24-13)8-22-28(14)17(27-19)23-10-2-3-10/h4-8,10,30H,2-3H2,1H3,(H,20,29)(H2,24,26,31). The molecule has 4 aromatic heterocycles.